The number of hydrogen-bond acceptors (Lipinski definition) is 5. The molecule has 5 heteroatoms. The van der Waals surface area contributed by atoms with Crippen LogP contribution in [-0.2, 0) is 13.0 Å². The summed E-state index contributed by atoms with van der Waals surface area (Å²) in [7, 11) is 3.29. The first-order valence-electron chi connectivity index (χ1n) is 6.98. The predicted molar refractivity (Wildman–Crippen MR) is 80.8 cm³/mol. The predicted octanol–water partition coefficient (Wildman–Crippen LogP) is 2.72. The van der Waals surface area contributed by atoms with Crippen LogP contribution in [0.25, 0.3) is 0 Å². The number of rotatable bonds is 7. The van der Waals surface area contributed by atoms with Gasteiger partial charge in [0.1, 0.15) is 5.76 Å². The zero-order valence-electron chi connectivity index (χ0n) is 13.0. The van der Waals surface area contributed by atoms with E-state index in [-0.39, 0.29) is 0 Å². The molecule has 21 heavy (non-hydrogen) atoms. The topological polar surface area (TPSA) is 56.5 Å². The van der Waals surface area contributed by atoms with Crippen LogP contribution in [0.5, 0.6) is 11.5 Å². The quantitative estimate of drug-likeness (QED) is 0.849. The lowest BCUT2D eigenvalue weighted by molar-refractivity contribution is 0.354. The fourth-order valence-corrected chi connectivity index (χ4v) is 2.18. The average Bonchev–Trinajstić information content (AvgIpc) is 2.90. The van der Waals surface area contributed by atoms with Crippen molar-refractivity contribution < 1.29 is 13.9 Å². The third kappa shape index (κ3) is 4.23. The minimum absolute atomic E-state index is 0.301. The molecule has 2 aromatic rings. The van der Waals surface area contributed by atoms with E-state index in [0.717, 1.165) is 23.7 Å². The molecule has 1 unspecified atom stereocenters. The number of aryl methyl sites for hydroxylation is 1. The van der Waals surface area contributed by atoms with E-state index in [1.807, 2.05) is 19.1 Å². The van der Waals surface area contributed by atoms with Crippen molar-refractivity contribution in [3.05, 3.63) is 41.6 Å². The van der Waals surface area contributed by atoms with Crippen molar-refractivity contribution in [3.8, 4) is 11.5 Å². The zero-order chi connectivity index (χ0) is 15.2. The molecule has 114 valence electrons. The van der Waals surface area contributed by atoms with Crippen LogP contribution in [0.15, 0.2) is 28.8 Å². The first-order valence-corrected chi connectivity index (χ1v) is 6.98. The van der Waals surface area contributed by atoms with Crippen molar-refractivity contribution in [1.82, 2.24) is 10.3 Å². The Bertz CT molecular complexity index is 581. The van der Waals surface area contributed by atoms with Crippen LogP contribution in [0.3, 0.4) is 0 Å². The van der Waals surface area contributed by atoms with E-state index < -0.39 is 0 Å². The van der Waals surface area contributed by atoms with Gasteiger partial charge >= 0.3 is 0 Å². The van der Waals surface area contributed by atoms with Gasteiger partial charge in [0.25, 0.3) is 0 Å². The molecule has 0 bridgehead atoms. The molecule has 0 saturated heterocycles. The van der Waals surface area contributed by atoms with Crippen molar-refractivity contribution in [2.24, 2.45) is 0 Å². The summed E-state index contributed by atoms with van der Waals surface area (Å²) in [6.07, 6.45) is 2.62. The lowest BCUT2D eigenvalue weighted by atomic mass is 10.1. The molecule has 0 fully saturated rings. The number of ether oxygens (including phenoxy) is 2. The second-order valence-corrected chi connectivity index (χ2v) is 5.04. The molecule has 1 aromatic heterocycles. The highest BCUT2D eigenvalue weighted by Gasteiger charge is 2.09. The Kier molecular flexibility index (Phi) is 5.22. The number of benzene rings is 1. The molecule has 1 N–H and O–H groups in total. The Labute approximate surface area is 125 Å². The van der Waals surface area contributed by atoms with Crippen LogP contribution in [0, 0.1) is 6.92 Å². The van der Waals surface area contributed by atoms with Gasteiger partial charge in [-0.05, 0) is 38.0 Å². The number of hydrogen-bond donors (Lipinski definition) is 1. The molecular formula is C16H22N2O3. The Hall–Kier alpha value is -2.01. The molecule has 0 aliphatic rings. The number of nitrogens with zero attached hydrogens (tertiary/aromatic N) is 1. The van der Waals surface area contributed by atoms with Gasteiger partial charge in [0.05, 0.1) is 27.0 Å². The molecule has 0 amide bonds. The van der Waals surface area contributed by atoms with E-state index in [4.69, 9.17) is 13.9 Å². The Balaban J connectivity index is 1.91. The van der Waals surface area contributed by atoms with Crippen molar-refractivity contribution in [2.45, 2.75) is 32.9 Å². The third-order valence-electron chi connectivity index (χ3n) is 3.26. The van der Waals surface area contributed by atoms with Crippen LogP contribution in [-0.4, -0.2) is 25.2 Å². The summed E-state index contributed by atoms with van der Waals surface area (Å²) in [5.41, 5.74) is 1.19. The van der Waals surface area contributed by atoms with Gasteiger partial charge in [-0.15, -0.1) is 0 Å². The number of nitrogens with one attached hydrogen (secondary N) is 1. The first kappa shape index (κ1) is 15.4. The normalized spacial score (nSPS) is 12.2. The monoisotopic (exact) mass is 290 g/mol. The van der Waals surface area contributed by atoms with Crippen LogP contribution in [0.4, 0.5) is 0 Å². The van der Waals surface area contributed by atoms with Crippen molar-refractivity contribution in [2.75, 3.05) is 14.2 Å². The fraction of sp³-hybridized carbons (Fsp3) is 0.438. The number of aromatic nitrogens is 1. The Morgan fingerprint density at radius 3 is 2.62 bits per heavy atom. The van der Waals surface area contributed by atoms with Gasteiger partial charge in [-0.3, -0.25) is 0 Å². The van der Waals surface area contributed by atoms with Gasteiger partial charge in [-0.1, -0.05) is 6.07 Å². The maximum atomic E-state index is 5.44. The largest absolute Gasteiger partial charge is 0.493 e. The SMILES string of the molecule is COc1ccc(CC(C)NCc2ncc(C)o2)cc1OC. The highest BCUT2D eigenvalue weighted by molar-refractivity contribution is 5.43. The molecule has 0 radical (unpaired) electrons. The van der Waals surface area contributed by atoms with E-state index >= 15 is 0 Å². The van der Waals surface area contributed by atoms with Crippen LogP contribution >= 0.6 is 0 Å². The first-order chi connectivity index (χ1) is 10.1. The fourth-order valence-electron chi connectivity index (χ4n) is 2.18. The Morgan fingerprint density at radius 2 is 2.00 bits per heavy atom. The molecule has 0 saturated carbocycles. The highest BCUT2D eigenvalue weighted by atomic mass is 16.5. The molecule has 5 nitrogen and oxygen atoms in total. The third-order valence-corrected chi connectivity index (χ3v) is 3.26. The van der Waals surface area contributed by atoms with Crippen molar-refractivity contribution >= 4 is 0 Å². The number of methoxy groups -OCH3 is 2. The lowest BCUT2D eigenvalue weighted by Gasteiger charge is -2.14. The van der Waals surface area contributed by atoms with Crippen molar-refractivity contribution in [3.63, 3.8) is 0 Å². The standard InChI is InChI=1S/C16H22N2O3/c1-11(17-10-16-18-9-12(2)21-16)7-13-5-6-14(19-3)15(8-13)20-4/h5-6,8-9,11,17H,7,10H2,1-4H3. The highest BCUT2D eigenvalue weighted by Crippen LogP contribution is 2.27. The maximum Gasteiger partial charge on any atom is 0.208 e. The second-order valence-electron chi connectivity index (χ2n) is 5.04. The Morgan fingerprint density at radius 1 is 1.24 bits per heavy atom. The molecule has 1 atom stereocenters. The summed E-state index contributed by atoms with van der Waals surface area (Å²) < 4.78 is 16.0. The summed E-state index contributed by atoms with van der Waals surface area (Å²) >= 11 is 0. The van der Waals surface area contributed by atoms with Crippen molar-refractivity contribution in [1.29, 1.82) is 0 Å². The van der Waals surface area contributed by atoms with E-state index in [1.54, 1.807) is 20.4 Å². The molecule has 0 aliphatic heterocycles. The lowest BCUT2D eigenvalue weighted by Crippen LogP contribution is -2.27. The van der Waals surface area contributed by atoms with Gasteiger partial charge in [0.15, 0.2) is 11.5 Å². The molecule has 0 spiro atoms. The van der Waals surface area contributed by atoms with Gasteiger partial charge in [0, 0.05) is 6.04 Å². The van der Waals surface area contributed by atoms with E-state index in [9.17, 15) is 0 Å². The van der Waals surface area contributed by atoms with Gasteiger partial charge in [0.2, 0.25) is 5.89 Å². The maximum absolute atomic E-state index is 5.44. The van der Waals surface area contributed by atoms with Crippen LogP contribution in [0.2, 0.25) is 0 Å². The summed E-state index contributed by atoms with van der Waals surface area (Å²) in [5, 5.41) is 3.40. The van der Waals surface area contributed by atoms with Crippen LogP contribution < -0.4 is 14.8 Å². The van der Waals surface area contributed by atoms with E-state index in [1.165, 1.54) is 5.56 Å². The summed E-state index contributed by atoms with van der Waals surface area (Å²) in [6.45, 7) is 4.65. The molecule has 1 heterocycles. The summed E-state index contributed by atoms with van der Waals surface area (Å²) in [6, 6.07) is 6.29. The minimum Gasteiger partial charge on any atom is -0.493 e. The van der Waals surface area contributed by atoms with Gasteiger partial charge < -0.3 is 19.2 Å². The zero-order valence-corrected chi connectivity index (χ0v) is 13.0. The molecule has 2 rings (SSSR count). The summed E-state index contributed by atoms with van der Waals surface area (Å²) in [5.74, 6) is 3.05. The average molecular weight is 290 g/mol. The number of oxazole rings is 1. The molecule has 1 aromatic carbocycles. The second kappa shape index (κ2) is 7.13. The van der Waals surface area contributed by atoms with E-state index in [2.05, 4.69) is 23.3 Å². The van der Waals surface area contributed by atoms with E-state index in [0.29, 0.717) is 18.5 Å². The minimum atomic E-state index is 0.301. The molecule has 0 aliphatic carbocycles. The summed E-state index contributed by atoms with van der Waals surface area (Å²) in [4.78, 5) is 4.18. The molecular weight excluding hydrogens is 268 g/mol. The van der Waals surface area contributed by atoms with Gasteiger partial charge in [-0.2, -0.15) is 0 Å². The van der Waals surface area contributed by atoms with Crippen LogP contribution in [0.1, 0.15) is 24.1 Å². The van der Waals surface area contributed by atoms with Gasteiger partial charge in [-0.25, -0.2) is 4.98 Å². The smallest absolute Gasteiger partial charge is 0.208 e.